The van der Waals surface area contributed by atoms with Crippen LogP contribution in [0.5, 0.6) is 0 Å². The number of allylic oxidation sites excluding steroid dienone is 3. The Kier molecular flexibility index (Phi) is 3.91. The summed E-state index contributed by atoms with van der Waals surface area (Å²) < 4.78 is 0. The first kappa shape index (κ1) is 13.3. The molecule has 2 aliphatic rings. The number of ketones is 1. The van der Waals surface area contributed by atoms with Crippen LogP contribution in [0.15, 0.2) is 24.4 Å². The van der Waals surface area contributed by atoms with Gasteiger partial charge in [0.25, 0.3) is 0 Å². The van der Waals surface area contributed by atoms with Gasteiger partial charge in [-0.15, -0.1) is 0 Å². The van der Waals surface area contributed by atoms with Crippen LogP contribution in [0.4, 0.5) is 0 Å². The zero-order valence-electron chi connectivity index (χ0n) is 11.5. The molecule has 0 bridgehead atoms. The van der Waals surface area contributed by atoms with Gasteiger partial charge >= 0.3 is 0 Å². The third kappa shape index (κ3) is 3.22. The summed E-state index contributed by atoms with van der Waals surface area (Å²) in [5.41, 5.74) is 1.27. The lowest BCUT2D eigenvalue weighted by molar-refractivity contribution is -0.119. The first-order valence-corrected chi connectivity index (χ1v) is 6.84. The molecular formula is C15H24N2O. The van der Waals surface area contributed by atoms with Gasteiger partial charge in [0.1, 0.15) is 0 Å². The lowest BCUT2D eigenvalue weighted by Crippen LogP contribution is -2.43. The van der Waals surface area contributed by atoms with E-state index in [1.165, 1.54) is 0 Å². The molecule has 1 atom stereocenters. The molecule has 0 saturated carbocycles. The summed E-state index contributed by atoms with van der Waals surface area (Å²) in [5, 5.41) is 3.33. The highest BCUT2D eigenvalue weighted by molar-refractivity contribution is 5.92. The predicted molar refractivity (Wildman–Crippen MR) is 74.2 cm³/mol. The van der Waals surface area contributed by atoms with Crippen LogP contribution in [0.3, 0.4) is 0 Å². The van der Waals surface area contributed by atoms with Crippen LogP contribution < -0.4 is 5.32 Å². The fourth-order valence-electron chi connectivity index (χ4n) is 2.81. The van der Waals surface area contributed by atoms with E-state index in [9.17, 15) is 4.79 Å². The molecule has 0 aromatic heterocycles. The van der Waals surface area contributed by atoms with E-state index in [1.807, 2.05) is 6.08 Å². The molecule has 1 N–H and O–H groups in total. The Morgan fingerprint density at radius 2 is 2.17 bits per heavy atom. The van der Waals surface area contributed by atoms with Crippen molar-refractivity contribution in [3.05, 3.63) is 24.4 Å². The number of nitrogens with one attached hydrogen (secondary N) is 1. The average Bonchev–Trinajstić information content (AvgIpc) is 2.35. The predicted octanol–water partition coefficient (Wildman–Crippen LogP) is 1.97. The molecule has 0 amide bonds. The highest BCUT2D eigenvalue weighted by atomic mass is 16.1. The smallest absolute Gasteiger partial charge is 0.158 e. The molecule has 1 saturated heterocycles. The Hall–Kier alpha value is -1.09. The minimum Gasteiger partial charge on any atom is -0.373 e. The minimum absolute atomic E-state index is 0.118. The van der Waals surface area contributed by atoms with Gasteiger partial charge in [0.2, 0.25) is 0 Å². The van der Waals surface area contributed by atoms with E-state index in [-0.39, 0.29) is 17.1 Å². The van der Waals surface area contributed by atoms with E-state index in [1.54, 1.807) is 6.08 Å². The lowest BCUT2D eigenvalue weighted by atomic mass is 9.75. The number of carbonyl (C=O) groups excluding carboxylic acids is 1. The van der Waals surface area contributed by atoms with Crippen LogP contribution in [0.25, 0.3) is 0 Å². The molecule has 0 spiro atoms. The van der Waals surface area contributed by atoms with Crippen molar-refractivity contribution in [2.24, 2.45) is 11.3 Å². The molecule has 100 valence electrons. The van der Waals surface area contributed by atoms with E-state index in [4.69, 9.17) is 0 Å². The van der Waals surface area contributed by atoms with Crippen LogP contribution in [0.2, 0.25) is 0 Å². The van der Waals surface area contributed by atoms with Gasteiger partial charge in [-0.1, -0.05) is 26.5 Å². The molecule has 0 radical (unpaired) electrons. The van der Waals surface area contributed by atoms with E-state index in [2.05, 4.69) is 30.6 Å². The van der Waals surface area contributed by atoms with E-state index < -0.39 is 0 Å². The van der Waals surface area contributed by atoms with Crippen molar-refractivity contribution in [2.45, 2.75) is 26.7 Å². The summed E-state index contributed by atoms with van der Waals surface area (Å²) in [6, 6.07) is 0. The van der Waals surface area contributed by atoms with Gasteiger partial charge in [-0.25, -0.2) is 0 Å². The number of carbonyl (C=O) groups is 1. The molecule has 1 fully saturated rings. The Morgan fingerprint density at radius 1 is 1.50 bits per heavy atom. The maximum Gasteiger partial charge on any atom is 0.158 e. The summed E-state index contributed by atoms with van der Waals surface area (Å²) in [6.07, 6.45) is 5.55. The fourth-order valence-corrected chi connectivity index (χ4v) is 2.81. The van der Waals surface area contributed by atoms with Gasteiger partial charge < -0.3 is 10.2 Å². The van der Waals surface area contributed by atoms with Gasteiger partial charge in [0.15, 0.2) is 5.78 Å². The van der Waals surface area contributed by atoms with Crippen molar-refractivity contribution < 1.29 is 4.79 Å². The SMILES string of the molecule is C=C(CC1CC(C)(C)C=CC1=O)N1CCNCC1. The Morgan fingerprint density at radius 3 is 2.83 bits per heavy atom. The third-order valence-corrected chi connectivity index (χ3v) is 3.92. The highest BCUT2D eigenvalue weighted by Gasteiger charge is 2.30. The summed E-state index contributed by atoms with van der Waals surface area (Å²) in [5.74, 6) is 0.387. The minimum atomic E-state index is 0.118. The Balaban J connectivity index is 1.94. The molecule has 2 rings (SSSR count). The second kappa shape index (κ2) is 5.27. The summed E-state index contributed by atoms with van der Waals surface area (Å²) in [7, 11) is 0. The molecular weight excluding hydrogens is 224 g/mol. The topological polar surface area (TPSA) is 32.3 Å². The average molecular weight is 248 g/mol. The summed E-state index contributed by atoms with van der Waals surface area (Å²) in [6.45, 7) is 12.6. The summed E-state index contributed by atoms with van der Waals surface area (Å²) >= 11 is 0. The standard InChI is InChI=1S/C15H24N2O/c1-12(17-8-6-16-7-9-17)10-13-11-15(2,3)5-4-14(13)18/h4-5,13,16H,1,6-11H2,2-3H3. The number of hydrogen-bond acceptors (Lipinski definition) is 3. The van der Waals surface area contributed by atoms with Gasteiger partial charge in [-0.3, -0.25) is 4.79 Å². The number of hydrogen-bond donors (Lipinski definition) is 1. The second-order valence-corrected chi connectivity index (χ2v) is 6.13. The molecule has 3 nitrogen and oxygen atoms in total. The monoisotopic (exact) mass is 248 g/mol. The Labute approximate surface area is 110 Å². The van der Waals surface area contributed by atoms with Gasteiger partial charge in [0, 0.05) is 37.8 Å². The maximum atomic E-state index is 11.9. The van der Waals surface area contributed by atoms with Crippen LogP contribution in [-0.2, 0) is 4.79 Å². The van der Waals surface area contributed by atoms with Crippen LogP contribution >= 0.6 is 0 Å². The zero-order chi connectivity index (χ0) is 13.2. The molecule has 0 aromatic rings. The normalized spacial score (nSPS) is 27.3. The largest absolute Gasteiger partial charge is 0.373 e. The molecule has 18 heavy (non-hydrogen) atoms. The van der Waals surface area contributed by atoms with Gasteiger partial charge in [0.05, 0.1) is 0 Å². The van der Waals surface area contributed by atoms with Crippen LogP contribution in [0, 0.1) is 11.3 Å². The van der Waals surface area contributed by atoms with Crippen molar-refractivity contribution in [2.75, 3.05) is 26.2 Å². The van der Waals surface area contributed by atoms with E-state index in [0.29, 0.717) is 0 Å². The van der Waals surface area contributed by atoms with Crippen molar-refractivity contribution in [3.63, 3.8) is 0 Å². The van der Waals surface area contributed by atoms with Crippen LogP contribution in [-0.4, -0.2) is 36.9 Å². The molecule has 1 unspecified atom stereocenters. The molecule has 1 heterocycles. The first-order valence-electron chi connectivity index (χ1n) is 6.84. The number of nitrogens with zero attached hydrogens (tertiary/aromatic N) is 1. The molecule has 1 aliphatic heterocycles. The van der Waals surface area contributed by atoms with Crippen molar-refractivity contribution in [1.29, 1.82) is 0 Å². The maximum absolute atomic E-state index is 11.9. The molecule has 1 aliphatic carbocycles. The van der Waals surface area contributed by atoms with Crippen molar-refractivity contribution in [1.82, 2.24) is 10.2 Å². The second-order valence-electron chi connectivity index (χ2n) is 6.13. The lowest BCUT2D eigenvalue weighted by Gasteiger charge is -2.35. The quantitative estimate of drug-likeness (QED) is 0.829. The van der Waals surface area contributed by atoms with Crippen LogP contribution in [0.1, 0.15) is 26.7 Å². The zero-order valence-corrected chi connectivity index (χ0v) is 11.5. The first-order chi connectivity index (χ1) is 8.48. The fraction of sp³-hybridized carbons (Fsp3) is 0.667. The van der Waals surface area contributed by atoms with E-state index >= 15 is 0 Å². The molecule has 3 heteroatoms. The van der Waals surface area contributed by atoms with Crippen molar-refractivity contribution in [3.8, 4) is 0 Å². The van der Waals surface area contributed by atoms with Crippen molar-refractivity contribution >= 4 is 5.78 Å². The van der Waals surface area contributed by atoms with Gasteiger partial charge in [-0.05, 0) is 24.3 Å². The molecule has 0 aromatic carbocycles. The number of rotatable bonds is 3. The summed E-state index contributed by atoms with van der Waals surface area (Å²) in [4.78, 5) is 14.3. The highest BCUT2D eigenvalue weighted by Crippen LogP contribution is 2.35. The third-order valence-electron chi connectivity index (χ3n) is 3.92. The van der Waals surface area contributed by atoms with E-state index in [0.717, 1.165) is 44.7 Å². The number of piperazine rings is 1. The Bertz CT molecular complexity index is 365. The van der Waals surface area contributed by atoms with Gasteiger partial charge in [-0.2, -0.15) is 0 Å².